The standard InChI is InChI=1S/C18H13F3N2OS/c19-18(20,21)12-3-1-11(2-4-12)10-23-16(24)15-9-22-7-5-13(15)14-6-8-25-17(14)23/h1-4,6,8-9H,5,7,10H2. The van der Waals surface area contributed by atoms with Gasteiger partial charge in [-0.3, -0.25) is 14.4 Å². The van der Waals surface area contributed by atoms with Crippen molar-refractivity contribution in [2.75, 3.05) is 6.54 Å². The third kappa shape index (κ3) is 2.78. The number of fused-ring (bicyclic) bond motifs is 3. The first kappa shape index (κ1) is 16.1. The Morgan fingerprint density at radius 3 is 2.64 bits per heavy atom. The summed E-state index contributed by atoms with van der Waals surface area (Å²) >= 11 is 1.47. The summed E-state index contributed by atoms with van der Waals surface area (Å²) in [6, 6.07) is 6.92. The largest absolute Gasteiger partial charge is 0.416 e. The summed E-state index contributed by atoms with van der Waals surface area (Å²) < 4.78 is 39.7. The van der Waals surface area contributed by atoms with Gasteiger partial charge in [-0.15, -0.1) is 11.3 Å². The Labute approximate surface area is 145 Å². The van der Waals surface area contributed by atoms with E-state index in [1.807, 2.05) is 11.4 Å². The first-order valence-electron chi connectivity index (χ1n) is 7.74. The number of benzene rings is 1. The molecule has 0 aliphatic carbocycles. The molecule has 3 heterocycles. The molecule has 0 spiro atoms. The molecule has 0 amide bonds. The Balaban J connectivity index is 1.80. The van der Waals surface area contributed by atoms with Crippen LogP contribution in [0.4, 0.5) is 13.2 Å². The summed E-state index contributed by atoms with van der Waals surface area (Å²) in [5, 5.41) is 2.96. The van der Waals surface area contributed by atoms with Crippen LogP contribution in [0.25, 0.3) is 10.2 Å². The fourth-order valence-electron chi connectivity index (χ4n) is 3.11. The molecule has 1 aliphatic rings. The lowest BCUT2D eigenvalue weighted by Gasteiger charge is -2.16. The van der Waals surface area contributed by atoms with Gasteiger partial charge in [0.25, 0.3) is 5.56 Å². The Kier molecular flexibility index (Phi) is 3.76. The number of hydrogen-bond donors (Lipinski definition) is 0. The molecule has 0 atom stereocenters. The van der Waals surface area contributed by atoms with Crippen LogP contribution in [0.5, 0.6) is 0 Å². The van der Waals surface area contributed by atoms with Gasteiger partial charge >= 0.3 is 6.18 Å². The van der Waals surface area contributed by atoms with E-state index in [1.54, 1.807) is 10.8 Å². The SMILES string of the molecule is O=c1c2c(c3ccsc3n1Cc1ccc(C(F)(F)F)cc1)CCN=C2. The molecule has 0 fully saturated rings. The molecule has 1 aliphatic heterocycles. The maximum absolute atomic E-state index is 12.9. The zero-order chi connectivity index (χ0) is 17.6. The van der Waals surface area contributed by atoms with Gasteiger partial charge in [0.05, 0.1) is 17.7 Å². The van der Waals surface area contributed by atoms with E-state index in [2.05, 4.69) is 4.99 Å². The molecule has 3 nitrogen and oxygen atoms in total. The van der Waals surface area contributed by atoms with E-state index >= 15 is 0 Å². The van der Waals surface area contributed by atoms with Crippen molar-refractivity contribution in [3.8, 4) is 0 Å². The van der Waals surface area contributed by atoms with Crippen molar-refractivity contribution in [1.82, 2.24) is 4.57 Å². The van der Waals surface area contributed by atoms with Crippen molar-refractivity contribution in [2.45, 2.75) is 19.1 Å². The van der Waals surface area contributed by atoms with Crippen LogP contribution in [0.2, 0.25) is 0 Å². The zero-order valence-electron chi connectivity index (χ0n) is 13.0. The highest BCUT2D eigenvalue weighted by Crippen LogP contribution is 2.30. The van der Waals surface area contributed by atoms with Gasteiger partial charge in [-0.05, 0) is 41.1 Å². The Bertz CT molecular complexity index is 1030. The lowest BCUT2D eigenvalue weighted by Crippen LogP contribution is -2.27. The zero-order valence-corrected chi connectivity index (χ0v) is 13.8. The van der Waals surface area contributed by atoms with E-state index in [9.17, 15) is 18.0 Å². The fourth-order valence-corrected chi connectivity index (χ4v) is 4.04. The van der Waals surface area contributed by atoms with E-state index in [0.717, 1.165) is 34.3 Å². The highest BCUT2D eigenvalue weighted by Gasteiger charge is 2.30. The van der Waals surface area contributed by atoms with Crippen LogP contribution in [0.3, 0.4) is 0 Å². The third-order valence-corrected chi connectivity index (χ3v) is 5.28. The number of pyridine rings is 1. The topological polar surface area (TPSA) is 34.4 Å². The lowest BCUT2D eigenvalue weighted by atomic mass is 10.0. The highest BCUT2D eigenvalue weighted by molar-refractivity contribution is 7.16. The van der Waals surface area contributed by atoms with Crippen molar-refractivity contribution >= 4 is 27.8 Å². The van der Waals surface area contributed by atoms with Gasteiger partial charge in [0.2, 0.25) is 0 Å². The van der Waals surface area contributed by atoms with Gasteiger partial charge in [0.15, 0.2) is 0 Å². The maximum Gasteiger partial charge on any atom is 0.416 e. The first-order chi connectivity index (χ1) is 11.9. The van der Waals surface area contributed by atoms with E-state index in [4.69, 9.17) is 0 Å². The summed E-state index contributed by atoms with van der Waals surface area (Å²) in [6.45, 7) is 0.898. The number of rotatable bonds is 2. The van der Waals surface area contributed by atoms with Gasteiger partial charge in [0.1, 0.15) is 4.83 Å². The van der Waals surface area contributed by atoms with E-state index in [1.165, 1.54) is 23.5 Å². The van der Waals surface area contributed by atoms with Crippen LogP contribution < -0.4 is 5.56 Å². The summed E-state index contributed by atoms with van der Waals surface area (Å²) in [5.41, 5.74) is 1.41. The predicted octanol–water partition coefficient (Wildman–Crippen LogP) is 4.11. The second-order valence-corrected chi connectivity index (χ2v) is 6.80. The Morgan fingerprint density at radius 2 is 1.92 bits per heavy atom. The average Bonchev–Trinajstić information content (AvgIpc) is 3.08. The van der Waals surface area contributed by atoms with Crippen molar-refractivity contribution in [3.63, 3.8) is 0 Å². The number of thiophene rings is 1. The predicted molar refractivity (Wildman–Crippen MR) is 92.8 cm³/mol. The normalized spacial score (nSPS) is 14.0. The highest BCUT2D eigenvalue weighted by atomic mass is 32.1. The minimum atomic E-state index is -4.36. The van der Waals surface area contributed by atoms with Crippen molar-refractivity contribution in [2.24, 2.45) is 4.99 Å². The van der Waals surface area contributed by atoms with E-state index in [0.29, 0.717) is 17.7 Å². The van der Waals surface area contributed by atoms with Crippen LogP contribution in [0, 0.1) is 0 Å². The van der Waals surface area contributed by atoms with Crippen molar-refractivity contribution in [3.05, 3.63) is 68.3 Å². The summed E-state index contributed by atoms with van der Waals surface area (Å²) in [6.07, 6.45) is -2.02. The van der Waals surface area contributed by atoms with Gasteiger partial charge in [-0.25, -0.2) is 0 Å². The summed E-state index contributed by atoms with van der Waals surface area (Å²) in [5.74, 6) is 0. The van der Waals surface area contributed by atoms with E-state index in [-0.39, 0.29) is 12.1 Å². The average molecular weight is 362 g/mol. The van der Waals surface area contributed by atoms with Gasteiger partial charge in [0, 0.05) is 18.1 Å². The Morgan fingerprint density at radius 1 is 1.16 bits per heavy atom. The molecule has 0 bridgehead atoms. The quantitative estimate of drug-likeness (QED) is 0.676. The molecule has 2 aromatic heterocycles. The molecule has 0 saturated heterocycles. The Hall–Kier alpha value is -2.41. The molecular formula is C18H13F3N2OS. The molecule has 7 heteroatoms. The molecule has 25 heavy (non-hydrogen) atoms. The molecule has 3 aromatic rings. The molecule has 0 unspecified atom stereocenters. The number of hydrogen-bond acceptors (Lipinski definition) is 3. The monoisotopic (exact) mass is 362 g/mol. The van der Waals surface area contributed by atoms with Crippen LogP contribution in [0.1, 0.15) is 22.3 Å². The molecule has 1 aromatic carbocycles. The van der Waals surface area contributed by atoms with Crippen molar-refractivity contribution in [1.29, 1.82) is 0 Å². The minimum absolute atomic E-state index is 0.145. The van der Waals surface area contributed by atoms with Gasteiger partial charge in [-0.1, -0.05) is 12.1 Å². The number of halogens is 3. The molecule has 0 N–H and O–H groups in total. The van der Waals surface area contributed by atoms with Gasteiger partial charge in [-0.2, -0.15) is 13.2 Å². The first-order valence-corrected chi connectivity index (χ1v) is 8.62. The third-order valence-electron chi connectivity index (χ3n) is 4.35. The lowest BCUT2D eigenvalue weighted by molar-refractivity contribution is -0.137. The van der Waals surface area contributed by atoms with Gasteiger partial charge < -0.3 is 0 Å². The molecule has 0 radical (unpaired) electrons. The number of alkyl halides is 3. The second-order valence-electron chi connectivity index (χ2n) is 5.90. The second kappa shape index (κ2) is 5.84. The number of aromatic nitrogens is 1. The van der Waals surface area contributed by atoms with Crippen molar-refractivity contribution < 1.29 is 13.2 Å². The summed E-state index contributed by atoms with van der Waals surface area (Å²) in [4.78, 5) is 17.9. The maximum atomic E-state index is 12.9. The molecule has 128 valence electrons. The van der Waals surface area contributed by atoms with E-state index < -0.39 is 11.7 Å². The number of aliphatic imine (C=N–C) groups is 1. The minimum Gasteiger partial charge on any atom is -0.295 e. The smallest absolute Gasteiger partial charge is 0.295 e. The molecule has 0 saturated carbocycles. The van der Waals surface area contributed by atoms with Crippen LogP contribution in [-0.4, -0.2) is 17.3 Å². The number of nitrogens with zero attached hydrogens (tertiary/aromatic N) is 2. The van der Waals surface area contributed by atoms with Crippen LogP contribution >= 0.6 is 11.3 Å². The van der Waals surface area contributed by atoms with Crippen LogP contribution in [0.15, 0.2) is 45.5 Å². The summed E-state index contributed by atoms with van der Waals surface area (Å²) in [7, 11) is 0. The molecule has 4 rings (SSSR count). The van der Waals surface area contributed by atoms with Crippen LogP contribution in [-0.2, 0) is 19.1 Å². The molecular weight excluding hydrogens is 349 g/mol. The fraction of sp³-hybridized carbons (Fsp3) is 0.222.